The fraction of sp³-hybridized carbons (Fsp3) is 0.313. The van der Waals surface area contributed by atoms with Gasteiger partial charge in [-0.05, 0) is 262 Å². The van der Waals surface area contributed by atoms with Gasteiger partial charge in [0.2, 0.25) is 22.8 Å². The Morgan fingerprint density at radius 3 is 1.07 bits per heavy atom. The quantitative estimate of drug-likeness (QED) is 0.115. The molecule has 0 aliphatic rings. The first-order valence-corrected chi connectivity index (χ1v) is 35.8. The molecule has 0 spiro atoms. The summed E-state index contributed by atoms with van der Waals surface area (Å²) < 4.78 is 140. The normalized spacial score (nSPS) is 14.4. The molecule has 0 fully saturated rings. The molecule has 0 radical (unpaired) electrons. The molecule has 0 bridgehead atoms. The van der Waals surface area contributed by atoms with Crippen LogP contribution < -0.4 is 18.3 Å². The molecular formula is C99H118N4+4. The first-order valence-electron chi connectivity index (χ1n) is 43.8. The minimum absolute atomic E-state index is 0.0378. The lowest BCUT2D eigenvalue weighted by molar-refractivity contribution is -0.661. The molecule has 4 nitrogen and oxygen atoms in total. The van der Waals surface area contributed by atoms with Gasteiger partial charge in [0, 0.05) is 91.7 Å². The topological polar surface area (TPSA) is 15.5 Å². The highest BCUT2D eigenvalue weighted by molar-refractivity contribution is 5.80. The Hall–Kier alpha value is -9.64. The molecule has 0 atom stereocenters. The van der Waals surface area contributed by atoms with Gasteiger partial charge in [-0.15, -0.1) is 0 Å². The van der Waals surface area contributed by atoms with E-state index in [-0.39, 0.29) is 16.7 Å². The van der Waals surface area contributed by atoms with E-state index in [9.17, 15) is 0 Å². The third kappa shape index (κ3) is 19.6. The minimum Gasteiger partial charge on any atom is -0.201 e. The number of pyridine rings is 4. The van der Waals surface area contributed by atoms with Crippen molar-refractivity contribution in [1.29, 1.82) is 0 Å². The Labute approximate surface area is 644 Å². The van der Waals surface area contributed by atoms with Gasteiger partial charge in [-0.1, -0.05) is 199 Å². The summed E-state index contributed by atoms with van der Waals surface area (Å²) in [5, 5.41) is 0. The zero-order valence-electron chi connectivity index (χ0n) is 81.1. The van der Waals surface area contributed by atoms with Crippen molar-refractivity contribution in [2.75, 3.05) is 0 Å². The zero-order valence-corrected chi connectivity index (χ0v) is 65.1. The summed E-state index contributed by atoms with van der Waals surface area (Å²) in [6, 6.07) is 61.7. The van der Waals surface area contributed by atoms with E-state index in [1.54, 1.807) is 50.6 Å². The second-order valence-corrected chi connectivity index (χ2v) is 30.6. The van der Waals surface area contributed by atoms with Crippen molar-refractivity contribution in [3.05, 3.63) is 307 Å². The molecule has 12 rings (SSSR count). The van der Waals surface area contributed by atoms with Crippen LogP contribution in [0.5, 0.6) is 0 Å². The van der Waals surface area contributed by atoms with Crippen molar-refractivity contribution in [3.63, 3.8) is 0 Å². The van der Waals surface area contributed by atoms with Gasteiger partial charge in [0.25, 0.3) is 0 Å². The summed E-state index contributed by atoms with van der Waals surface area (Å²) in [7, 11) is 7.82. The second-order valence-electron chi connectivity index (χ2n) is 30.6. The summed E-state index contributed by atoms with van der Waals surface area (Å²) in [6.45, 7) is 26.6. The molecular weight excluding hydrogens is 1250 g/mol. The first-order chi connectivity index (χ1) is 54.9. The van der Waals surface area contributed by atoms with Gasteiger partial charge in [-0.3, -0.25) is 0 Å². The van der Waals surface area contributed by atoms with Crippen molar-refractivity contribution in [3.8, 4) is 89.5 Å². The van der Waals surface area contributed by atoms with Crippen LogP contribution in [0.25, 0.3) is 89.5 Å². The van der Waals surface area contributed by atoms with Crippen LogP contribution in [-0.2, 0) is 40.9 Å². The van der Waals surface area contributed by atoms with E-state index in [0.717, 1.165) is 72.6 Å². The standard InChI is InChI=1S/C27H34N.C26H32N.C24H28N.C22H24N/c1-18-9-11-22(12-10-18)24-15-25(20(3)13-19(24)2)26-14-23(16-27(5,6)7)21(4)17-28(26)8;1-18-8-10-22(11-9-18)23-16-24(20(3)14-19(23)2)25-15-21(12-13-27(25)7)17-26(4,5)6;1-16(2)23-15-25(6)24(13-19(23)5)22-14-21(17(3)12-18(22)4)20-10-8-7-9-11-20;1-15-6-8-19(9-7-15)20-14-21(18(4)13-17(20)3)22-12-16(2)10-11-23(22)5/h9-15,17H,16H2,1-8H3;8-16H,17H2,1-7H3;7-16H,1-6H3;6-14H,1-5H3/q4*+1/i2D3,4D3,16D2;2D3,17D2;;3D3. The van der Waals surface area contributed by atoms with Gasteiger partial charge in [-0.25, -0.2) is 18.3 Å². The molecule has 12 aromatic rings. The van der Waals surface area contributed by atoms with Gasteiger partial charge in [0.1, 0.15) is 28.2 Å². The fourth-order valence-corrected chi connectivity index (χ4v) is 13.3. The fourth-order valence-electron chi connectivity index (χ4n) is 13.3. The highest BCUT2D eigenvalue weighted by Gasteiger charge is 2.24. The number of nitrogens with zero attached hydrogens (tertiary/aromatic N) is 4. The molecule has 4 aromatic heterocycles. The minimum atomic E-state index is -2.50. The molecule has 0 N–H and O–H groups in total. The number of rotatable bonds is 11. The van der Waals surface area contributed by atoms with Crippen LogP contribution in [0.4, 0.5) is 0 Å². The Kier molecular flexibility index (Phi) is 18.4. The van der Waals surface area contributed by atoms with Crippen molar-refractivity contribution in [2.45, 2.75) is 171 Å². The molecule has 103 heavy (non-hydrogen) atoms. The van der Waals surface area contributed by atoms with Gasteiger partial charge in [-0.2, -0.15) is 0 Å². The molecule has 0 saturated carbocycles. The monoisotopic (exact) mass is 1380 g/mol. The Morgan fingerprint density at radius 1 is 0.311 bits per heavy atom. The molecule has 0 amide bonds. The van der Waals surface area contributed by atoms with Crippen LogP contribution in [0.3, 0.4) is 0 Å². The predicted octanol–water partition coefficient (Wildman–Crippen LogP) is 24.0. The molecule has 0 saturated heterocycles. The third-order valence-corrected chi connectivity index (χ3v) is 18.8. The van der Waals surface area contributed by atoms with Crippen LogP contribution in [0.1, 0.15) is 178 Å². The van der Waals surface area contributed by atoms with Gasteiger partial charge in [0.15, 0.2) is 24.8 Å². The smallest absolute Gasteiger partial charge is 0.201 e. The largest absolute Gasteiger partial charge is 0.212 e. The van der Waals surface area contributed by atoms with Gasteiger partial charge >= 0.3 is 0 Å². The lowest BCUT2D eigenvalue weighted by atomic mass is 9.86. The van der Waals surface area contributed by atoms with Gasteiger partial charge in [0.05, 0.1) is 0 Å². The second kappa shape index (κ2) is 32.8. The predicted molar refractivity (Wildman–Crippen MR) is 441 cm³/mol. The van der Waals surface area contributed by atoms with Crippen molar-refractivity contribution >= 4 is 0 Å². The average molecular weight is 1380 g/mol. The Bertz CT molecular complexity index is 5680. The van der Waals surface area contributed by atoms with Crippen LogP contribution in [-0.4, -0.2) is 0 Å². The molecule has 0 unspecified atom stereocenters. The van der Waals surface area contributed by atoms with Crippen molar-refractivity contribution in [2.24, 2.45) is 39.0 Å². The maximum Gasteiger partial charge on any atom is 0.212 e. The summed E-state index contributed by atoms with van der Waals surface area (Å²) in [6.07, 6.45) is 4.21. The van der Waals surface area contributed by atoms with E-state index in [2.05, 4.69) is 125 Å². The first kappa shape index (κ1) is 57.8. The number of aryl methyl sites for hydroxylation is 18. The van der Waals surface area contributed by atoms with E-state index in [4.69, 9.17) is 21.9 Å². The van der Waals surface area contributed by atoms with E-state index in [0.29, 0.717) is 50.6 Å². The summed E-state index contributed by atoms with van der Waals surface area (Å²) in [5.41, 5.74) is 27.6. The SMILES string of the molecule is Cc1cc(C)c(-c2cc(C)c(C(C)C)c[n+]2C)cc1-c1ccccc1.[2H]C([2H])([2H])c1cc(C)c(-c2cc(C([2H])([2H])C(C)(C)C)c(C([2H])([2H])[2H])c[n+]2C)cc1-c1ccc(C)cc1.[2H]C([2H])([2H])c1cc(C)c(-c2cc(C([2H])([2H])C(C)(C)C)cc[n+]2C)cc1-c1ccc(C)cc1.[2H]C([2H])([2H])c1cc(C)c(-c2cc(C)cc[n+]2C)cc1-c1ccc(C)cc1. The van der Waals surface area contributed by atoms with E-state index < -0.39 is 51.0 Å². The van der Waals surface area contributed by atoms with Crippen LogP contribution in [0.15, 0.2) is 213 Å². The molecule has 0 aliphatic heterocycles. The van der Waals surface area contributed by atoms with Crippen LogP contribution >= 0.6 is 0 Å². The number of benzene rings is 8. The number of hydrogen-bond acceptors (Lipinski definition) is 0. The average Bonchev–Trinajstić information content (AvgIpc) is 0.744. The zero-order chi connectivity index (χ0) is 88.7. The maximum atomic E-state index is 8.87. The Morgan fingerprint density at radius 2 is 0.660 bits per heavy atom. The third-order valence-electron chi connectivity index (χ3n) is 18.8. The highest BCUT2D eigenvalue weighted by atomic mass is 14.9. The van der Waals surface area contributed by atoms with Gasteiger partial charge < -0.3 is 0 Å². The Balaban J connectivity index is 0.000000182. The number of hydrogen-bond donors (Lipinski definition) is 0. The van der Waals surface area contributed by atoms with Crippen LogP contribution in [0, 0.1) is 107 Å². The molecule has 4 heteroatoms. The highest BCUT2D eigenvalue weighted by Crippen LogP contribution is 2.38. The summed E-state index contributed by atoms with van der Waals surface area (Å²) >= 11 is 0. The van der Waals surface area contributed by atoms with Crippen molar-refractivity contribution in [1.82, 2.24) is 0 Å². The lowest BCUT2D eigenvalue weighted by Crippen LogP contribution is -2.32. The van der Waals surface area contributed by atoms with E-state index >= 15 is 0 Å². The summed E-state index contributed by atoms with van der Waals surface area (Å²) in [5.74, 6) is 0.541. The van der Waals surface area contributed by atoms with Crippen molar-refractivity contribution < 1.29 is 40.2 Å². The number of aromatic nitrogens is 4. The molecule has 8 aromatic carbocycles. The van der Waals surface area contributed by atoms with E-state index in [1.807, 2.05) is 203 Å². The molecule has 0 aliphatic carbocycles. The molecule has 530 valence electrons. The molecule has 4 heterocycles. The van der Waals surface area contributed by atoms with E-state index in [1.165, 1.54) is 56.4 Å². The lowest BCUT2D eigenvalue weighted by Gasteiger charge is -2.20. The maximum absolute atomic E-state index is 8.87. The summed E-state index contributed by atoms with van der Waals surface area (Å²) in [4.78, 5) is 0. The van der Waals surface area contributed by atoms with Crippen LogP contribution in [0.2, 0.25) is 0 Å².